The highest BCUT2D eigenvalue weighted by atomic mass is 16.5. The minimum absolute atomic E-state index is 0.0711. The molecule has 1 aromatic carbocycles. The molecule has 0 unspecified atom stereocenters. The molecule has 18 heavy (non-hydrogen) atoms. The van der Waals surface area contributed by atoms with Gasteiger partial charge in [-0.25, -0.2) is 9.78 Å². The van der Waals surface area contributed by atoms with Gasteiger partial charge in [0.2, 0.25) is 0 Å². The first kappa shape index (κ1) is 10.8. The molecule has 1 aliphatic rings. The first-order chi connectivity index (χ1) is 8.65. The van der Waals surface area contributed by atoms with E-state index in [0.29, 0.717) is 18.1 Å². The van der Waals surface area contributed by atoms with Gasteiger partial charge < -0.3 is 14.8 Å². The second-order valence-corrected chi connectivity index (χ2v) is 4.29. The quantitative estimate of drug-likeness (QED) is 0.847. The summed E-state index contributed by atoms with van der Waals surface area (Å²) >= 11 is 0. The summed E-state index contributed by atoms with van der Waals surface area (Å²) in [5.41, 5.74) is 2.66. The summed E-state index contributed by atoms with van der Waals surface area (Å²) in [6.45, 7) is 2.41. The Morgan fingerprint density at radius 3 is 3.06 bits per heavy atom. The SMILES string of the molecule is Cc1[nH]c(-c2ccc3c(c2)CCO3)nc1C(=O)O. The van der Waals surface area contributed by atoms with Crippen molar-refractivity contribution in [3.05, 3.63) is 35.2 Å². The number of imidazole rings is 1. The van der Waals surface area contributed by atoms with Crippen molar-refractivity contribution in [1.29, 1.82) is 0 Å². The standard InChI is InChI=1S/C13H12N2O3/c1-7-11(13(16)17)15-12(14-7)9-2-3-10-8(6-9)4-5-18-10/h2-3,6H,4-5H2,1H3,(H,14,15)(H,16,17). The lowest BCUT2D eigenvalue weighted by molar-refractivity contribution is 0.0690. The Kier molecular flexibility index (Phi) is 2.33. The molecule has 1 aliphatic heterocycles. The molecule has 0 bridgehead atoms. The first-order valence-electron chi connectivity index (χ1n) is 5.71. The van der Waals surface area contributed by atoms with Crippen molar-refractivity contribution in [2.75, 3.05) is 6.61 Å². The number of carboxylic acids is 1. The maximum absolute atomic E-state index is 11.0. The van der Waals surface area contributed by atoms with Gasteiger partial charge in [0.05, 0.1) is 6.61 Å². The zero-order chi connectivity index (χ0) is 12.7. The minimum Gasteiger partial charge on any atom is -0.493 e. The van der Waals surface area contributed by atoms with Gasteiger partial charge in [-0.1, -0.05) is 0 Å². The number of carbonyl (C=O) groups is 1. The third-order valence-electron chi connectivity index (χ3n) is 3.05. The Hall–Kier alpha value is -2.30. The second-order valence-electron chi connectivity index (χ2n) is 4.29. The van der Waals surface area contributed by atoms with Gasteiger partial charge in [0.1, 0.15) is 11.6 Å². The maximum atomic E-state index is 11.0. The molecule has 0 radical (unpaired) electrons. The molecule has 0 atom stereocenters. The van der Waals surface area contributed by atoms with Crippen LogP contribution in [0.3, 0.4) is 0 Å². The zero-order valence-corrected chi connectivity index (χ0v) is 9.86. The number of fused-ring (bicyclic) bond motifs is 1. The molecule has 2 aromatic rings. The number of nitrogens with one attached hydrogen (secondary N) is 1. The number of aryl methyl sites for hydroxylation is 1. The van der Waals surface area contributed by atoms with E-state index >= 15 is 0 Å². The van der Waals surface area contributed by atoms with Crippen LogP contribution in [0.25, 0.3) is 11.4 Å². The fraction of sp³-hybridized carbons (Fsp3) is 0.231. The number of aromatic carboxylic acids is 1. The Bertz CT molecular complexity index is 631. The number of carboxylic acid groups (broad SMARTS) is 1. The van der Waals surface area contributed by atoms with Gasteiger partial charge >= 0.3 is 5.97 Å². The number of aromatic nitrogens is 2. The summed E-state index contributed by atoms with van der Waals surface area (Å²) in [6, 6.07) is 5.77. The molecule has 5 nitrogen and oxygen atoms in total. The largest absolute Gasteiger partial charge is 0.493 e. The molecule has 0 saturated heterocycles. The number of benzene rings is 1. The molecule has 0 aliphatic carbocycles. The average Bonchev–Trinajstić information content (AvgIpc) is 2.93. The molecule has 0 amide bonds. The van der Waals surface area contributed by atoms with Gasteiger partial charge in [-0.05, 0) is 30.7 Å². The number of ether oxygens (including phenoxy) is 1. The number of rotatable bonds is 2. The molecule has 0 fully saturated rings. The van der Waals surface area contributed by atoms with Crippen molar-refractivity contribution in [1.82, 2.24) is 9.97 Å². The fourth-order valence-electron chi connectivity index (χ4n) is 2.14. The van der Waals surface area contributed by atoms with E-state index < -0.39 is 5.97 Å². The topological polar surface area (TPSA) is 75.2 Å². The summed E-state index contributed by atoms with van der Waals surface area (Å²) in [6.07, 6.45) is 0.884. The van der Waals surface area contributed by atoms with Gasteiger partial charge in [-0.3, -0.25) is 0 Å². The fourth-order valence-corrected chi connectivity index (χ4v) is 2.14. The highest BCUT2D eigenvalue weighted by Crippen LogP contribution is 2.29. The highest BCUT2D eigenvalue weighted by Gasteiger charge is 2.17. The number of hydrogen-bond acceptors (Lipinski definition) is 3. The monoisotopic (exact) mass is 244 g/mol. The van der Waals surface area contributed by atoms with Gasteiger partial charge in [0, 0.05) is 17.7 Å². The normalized spacial score (nSPS) is 13.2. The Labute approximate surface area is 103 Å². The van der Waals surface area contributed by atoms with Crippen LogP contribution in [0.4, 0.5) is 0 Å². The molecule has 0 saturated carbocycles. The predicted molar refractivity (Wildman–Crippen MR) is 64.9 cm³/mol. The van der Waals surface area contributed by atoms with Crippen LogP contribution < -0.4 is 4.74 Å². The van der Waals surface area contributed by atoms with E-state index in [4.69, 9.17) is 9.84 Å². The number of aromatic amines is 1. The van der Waals surface area contributed by atoms with Crippen LogP contribution in [0, 0.1) is 6.92 Å². The average molecular weight is 244 g/mol. The summed E-state index contributed by atoms with van der Waals surface area (Å²) in [5, 5.41) is 8.98. The summed E-state index contributed by atoms with van der Waals surface area (Å²) in [7, 11) is 0. The van der Waals surface area contributed by atoms with E-state index in [2.05, 4.69) is 9.97 Å². The summed E-state index contributed by atoms with van der Waals surface area (Å²) < 4.78 is 5.43. The Balaban J connectivity index is 2.05. The Morgan fingerprint density at radius 2 is 2.33 bits per heavy atom. The lowest BCUT2D eigenvalue weighted by Crippen LogP contribution is -1.98. The molecule has 2 heterocycles. The lowest BCUT2D eigenvalue weighted by atomic mass is 10.1. The van der Waals surface area contributed by atoms with Crippen LogP contribution in [-0.4, -0.2) is 27.7 Å². The van der Waals surface area contributed by atoms with E-state index in [9.17, 15) is 4.79 Å². The van der Waals surface area contributed by atoms with Crippen LogP contribution in [0.1, 0.15) is 21.7 Å². The summed E-state index contributed by atoms with van der Waals surface area (Å²) in [4.78, 5) is 18.1. The van der Waals surface area contributed by atoms with Crippen molar-refractivity contribution in [2.45, 2.75) is 13.3 Å². The van der Waals surface area contributed by atoms with Crippen molar-refractivity contribution >= 4 is 5.97 Å². The summed E-state index contributed by atoms with van der Waals surface area (Å²) in [5.74, 6) is 0.472. The van der Waals surface area contributed by atoms with E-state index in [-0.39, 0.29) is 5.69 Å². The second kappa shape index (κ2) is 3.87. The van der Waals surface area contributed by atoms with E-state index in [1.54, 1.807) is 6.92 Å². The lowest BCUT2D eigenvalue weighted by Gasteiger charge is -2.01. The molecule has 1 aromatic heterocycles. The third-order valence-corrected chi connectivity index (χ3v) is 3.05. The van der Waals surface area contributed by atoms with Crippen LogP contribution in [0.5, 0.6) is 5.75 Å². The van der Waals surface area contributed by atoms with E-state index in [0.717, 1.165) is 23.3 Å². The number of H-pyrrole nitrogens is 1. The molecule has 92 valence electrons. The van der Waals surface area contributed by atoms with Gasteiger partial charge in [0.15, 0.2) is 5.69 Å². The first-order valence-corrected chi connectivity index (χ1v) is 5.71. The molecule has 2 N–H and O–H groups in total. The van der Waals surface area contributed by atoms with E-state index in [1.807, 2.05) is 18.2 Å². The van der Waals surface area contributed by atoms with Crippen LogP contribution >= 0.6 is 0 Å². The molecule has 5 heteroatoms. The zero-order valence-electron chi connectivity index (χ0n) is 9.86. The van der Waals surface area contributed by atoms with Crippen molar-refractivity contribution in [3.8, 4) is 17.1 Å². The van der Waals surface area contributed by atoms with Gasteiger partial charge in [-0.15, -0.1) is 0 Å². The molecule has 0 spiro atoms. The van der Waals surface area contributed by atoms with Crippen LogP contribution in [0.15, 0.2) is 18.2 Å². The highest BCUT2D eigenvalue weighted by molar-refractivity contribution is 5.87. The van der Waals surface area contributed by atoms with Gasteiger partial charge in [-0.2, -0.15) is 0 Å². The van der Waals surface area contributed by atoms with Crippen LogP contribution in [0.2, 0.25) is 0 Å². The van der Waals surface area contributed by atoms with Crippen molar-refractivity contribution in [3.63, 3.8) is 0 Å². The molecular weight excluding hydrogens is 232 g/mol. The molecular formula is C13H12N2O3. The number of nitrogens with zero attached hydrogens (tertiary/aromatic N) is 1. The maximum Gasteiger partial charge on any atom is 0.356 e. The van der Waals surface area contributed by atoms with E-state index in [1.165, 1.54) is 0 Å². The minimum atomic E-state index is -1.01. The third kappa shape index (κ3) is 1.64. The number of hydrogen-bond donors (Lipinski definition) is 2. The van der Waals surface area contributed by atoms with Gasteiger partial charge in [0.25, 0.3) is 0 Å². The molecule has 3 rings (SSSR count). The van der Waals surface area contributed by atoms with Crippen LogP contribution in [-0.2, 0) is 6.42 Å². The van der Waals surface area contributed by atoms with Crippen molar-refractivity contribution in [2.24, 2.45) is 0 Å². The van der Waals surface area contributed by atoms with Crippen molar-refractivity contribution < 1.29 is 14.6 Å². The smallest absolute Gasteiger partial charge is 0.356 e. The Morgan fingerprint density at radius 1 is 1.50 bits per heavy atom. The predicted octanol–water partition coefficient (Wildman–Crippen LogP) is 2.02.